The van der Waals surface area contributed by atoms with Gasteiger partial charge in [-0.15, -0.1) is 0 Å². The lowest BCUT2D eigenvalue weighted by molar-refractivity contribution is -0.118. The van der Waals surface area contributed by atoms with Crippen LogP contribution in [0, 0.1) is 31.1 Å². The molecular weight excluding hydrogens is 288 g/mol. The Labute approximate surface area is 136 Å². The fourth-order valence-corrected chi connectivity index (χ4v) is 2.15. The van der Waals surface area contributed by atoms with Crippen LogP contribution in [0.15, 0.2) is 30.3 Å². The summed E-state index contributed by atoms with van der Waals surface area (Å²) in [5.41, 5.74) is 4.41. The van der Waals surface area contributed by atoms with Gasteiger partial charge in [0.05, 0.1) is 16.9 Å². The maximum absolute atomic E-state index is 11.7. The highest BCUT2D eigenvalue weighted by molar-refractivity contribution is 5.92. The van der Waals surface area contributed by atoms with Crippen LogP contribution in [0.25, 0.3) is 0 Å². The molecule has 0 spiro atoms. The van der Waals surface area contributed by atoms with E-state index in [4.69, 9.17) is 0 Å². The fraction of sp³-hybridized carbons (Fsp3) is 0.278. The average molecular weight is 308 g/mol. The van der Waals surface area contributed by atoms with Gasteiger partial charge >= 0.3 is 0 Å². The van der Waals surface area contributed by atoms with E-state index in [2.05, 4.69) is 21.7 Å². The zero-order valence-electron chi connectivity index (χ0n) is 13.8. The molecule has 0 atom stereocenters. The van der Waals surface area contributed by atoms with E-state index >= 15 is 0 Å². The number of anilines is 3. The van der Waals surface area contributed by atoms with Crippen molar-refractivity contribution in [1.82, 2.24) is 4.98 Å². The van der Waals surface area contributed by atoms with Crippen molar-refractivity contribution in [2.75, 3.05) is 10.6 Å². The second-order valence-corrected chi connectivity index (χ2v) is 5.73. The number of nitrogens with zero attached hydrogens (tertiary/aromatic N) is 2. The minimum absolute atomic E-state index is 0.0159. The Hall–Kier alpha value is -2.87. The van der Waals surface area contributed by atoms with E-state index < -0.39 is 0 Å². The average Bonchev–Trinajstić information content (AvgIpc) is 2.48. The largest absolute Gasteiger partial charge is 0.354 e. The molecule has 1 heterocycles. The van der Waals surface area contributed by atoms with Crippen LogP contribution in [-0.2, 0) is 4.79 Å². The van der Waals surface area contributed by atoms with Crippen molar-refractivity contribution in [1.29, 1.82) is 5.26 Å². The summed E-state index contributed by atoms with van der Waals surface area (Å²) in [5, 5.41) is 15.4. The van der Waals surface area contributed by atoms with Crippen LogP contribution in [0.1, 0.15) is 30.8 Å². The molecule has 2 aromatic rings. The first kappa shape index (κ1) is 16.5. The summed E-state index contributed by atoms with van der Waals surface area (Å²) in [6.45, 7) is 7.41. The zero-order valence-corrected chi connectivity index (χ0v) is 13.8. The van der Waals surface area contributed by atoms with Crippen LogP contribution in [0.4, 0.5) is 17.1 Å². The van der Waals surface area contributed by atoms with Crippen molar-refractivity contribution in [3.63, 3.8) is 0 Å². The molecule has 5 nitrogen and oxygen atoms in total. The van der Waals surface area contributed by atoms with Crippen LogP contribution < -0.4 is 10.6 Å². The van der Waals surface area contributed by atoms with Gasteiger partial charge in [-0.05, 0) is 44.2 Å². The zero-order chi connectivity index (χ0) is 17.0. The smallest absolute Gasteiger partial charge is 0.226 e. The predicted octanol–water partition coefficient (Wildman–Crippen LogP) is 3.91. The van der Waals surface area contributed by atoms with E-state index in [0.717, 1.165) is 22.8 Å². The van der Waals surface area contributed by atoms with Crippen molar-refractivity contribution in [3.05, 3.63) is 47.3 Å². The van der Waals surface area contributed by atoms with Gasteiger partial charge in [0.25, 0.3) is 0 Å². The third kappa shape index (κ3) is 4.07. The van der Waals surface area contributed by atoms with Crippen LogP contribution in [0.5, 0.6) is 0 Å². The molecule has 0 aliphatic rings. The number of carbonyl (C=O) groups is 1. The number of amides is 1. The van der Waals surface area contributed by atoms with E-state index in [1.165, 1.54) is 0 Å². The molecule has 2 N–H and O–H groups in total. The lowest BCUT2D eigenvalue weighted by Gasteiger charge is -2.12. The molecule has 1 amide bonds. The molecular formula is C18H20N4O. The van der Waals surface area contributed by atoms with Crippen molar-refractivity contribution >= 4 is 23.0 Å². The number of nitriles is 1. The topological polar surface area (TPSA) is 77.8 Å². The van der Waals surface area contributed by atoms with Crippen molar-refractivity contribution in [2.24, 2.45) is 5.92 Å². The molecule has 5 heteroatoms. The number of carbonyl (C=O) groups excluding carboxylic acids is 1. The normalized spacial score (nSPS) is 10.3. The van der Waals surface area contributed by atoms with Gasteiger partial charge in [-0.3, -0.25) is 9.78 Å². The SMILES string of the molecule is Cc1cc(Nc2ccc(NC(=O)C(C)C)cc2)c(C#N)c(C)n1. The van der Waals surface area contributed by atoms with Crippen LogP contribution in [-0.4, -0.2) is 10.9 Å². The maximum Gasteiger partial charge on any atom is 0.226 e. The van der Waals surface area contributed by atoms with Gasteiger partial charge < -0.3 is 10.6 Å². The predicted molar refractivity (Wildman–Crippen MR) is 91.6 cm³/mol. The summed E-state index contributed by atoms with van der Waals surface area (Å²) < 4.78 is 0. The summed E-state index contributed by atoms with van der Waals surface area (Å²) >= 11 is 0. The molecule has 23 heavy (non-hydrogen) atoms. The molecule has 0 aliphatic carbocycles. The van der Waals surface area contributed by atoms with Gasteiger partial charge in [-0.2, -0.15) is 5.26 Å². The number of hydrogen-bond acceptors (Lipinski definition) is 4. The van der Waals surface area contributed by atoms with Crippen LogP contribution in [0.2, 0.25) is 0 Å². The van der Waals surface area contributed by atoms with E-state index in [-0.39, 0.29) is 11.8 Å². The van der Waals surface area contributed by atoms with Crippen molar-refractivity contribution in [2.45, 2.75) is 27.7 Å². The molecule has 0 aliphatic heterocycles. The van der Waals surface area contributed by atoms with Gasteiger partial charge in [-0.1, -0.05) is 13.8 Å². The highest BCUT2D eigenvalue weighted by Crippen LogP contribution is 2.24. The molecule has 0 unspecified atom stereocenters. The Morgan fingerprint density at radius 2 is 1.78 bits per heavy atom. The lowest BCUT2D eigenvalue weighted by Crippen LogP contribution is -2.17. The van der Waals surface area contributed by atoms with Gasteiger partial charge in [0.15, 0.2) is 0 Å². The first-order valence-corrected chi connectivity index (χ1v) is 7.47. The van der Waals surface area contributed by atoms with Gasteiger partial charge in [-0.25, -0.2) is 0 Å². The lowest BCUT2D eigenvalue weighted by atomic mass is 10.1. The minimum atomic E-state index is -0.0613. The number of hydrogen-bond donors (Lipinski definition) is 2. The molecule has 0 saturated carbocycles. The first-order chi connectivity index (χ1) is 10.9. The second kappa shape index (κ2) is 6.93. The number of aromatic nitrogens is 1. The number of pyridine rings is 1. The first-order valence-electron chi connectivity index (χ1n) is 7.47. The number of rotatable bonds is 4. The number of aryl methyl sites for hydroxylation is 2. The molecule has 0 fully saturated rings. The molecule has 1 aromatic carbocycles. The Morgan fingerprint density at radius 3 is 2.35 bits per heavy atom. The number of benzene rings is 1. The summed E-state index contributed by atoms with van der Waals surface area (Å²) in [6, 6.07) is 11.4. The molecule has 1 aromatic heterocycles. The highest BCUT2D eigenvalue weighted by Gasteiger charge is 2.09. The van der Waals surface area contributed by atoms with E-state index in [1.807, 2.05) is 58.0 Å². The number of nitrogens with one attached hydrogen (secondary N) is 2. The van der Waals surface area contributed by atoms with Crippen LogP contribution >= 0.6 is 0 Å². The standard InChI is InChI=1S/C18H20N4O/c1-11(2)18(23)22-15-7-5-14(6-8-15)21-17-9-12(3)20-13(4)16(17)10-19/h5-9,11H,1-4H3,(H,20,21)(H,22,23). The van der Waals surface area contributed by atoms with Crippen molar-refractivity contribution in [3.8, 4) is 6.07 Å². The minimum Gasteiger partial charge on any atom is -0.354 e. The van der Waals surface area contributed by atoms with E-state index in [9.17, 15) is 10.1 Å². The second-order valence-electron chi connectivity index (χ2n) is 5.73. The Kier molecular flexibility index (Phi) is 4.97. The van der Waals surface area contributed by atoms with Crippen LogP contribution in [0.3, 0.4) is 0 Å². The molecule has 118 valence electrons. The Morgan fingerprint density at radius 1 is 1.17 bits per heavy atom. The van der Waals surface area contributed by atoms with Crippen molar-refractivity contribution < 1.29 is 4.79 Å². The monoisotopic (exact) mass is 308 g/mol. The van der Waals surface area contributed by atoms with E-state index in [1.54, 1.807) is 0 Å². The maximum atomic E-state index is 11.7. The fourth-order valence-electron chi connectivity index (χ4n) is 2.15. The molecule has 0 bridgehead atoms. The molecule has 0 saturated heterocycles. The quantitative estimate of drug-likeness (QED) is 0.897. The Balaban J connectivity index is 2.19. The third-order valence-electron chi connectivity index (χ3n) is 3.40. The van der Waals surface area contributed by atoms with E-state index in [0.29, 0.717) is 11.3 Å². The van der Waals surface area contributed by atoms with Gasteiger partial charge in [0, 0.05) is 23.0 Å². The van der Waals surface area contributed by atoms with Gasteiger partial charge in [0.1, 0.15) is 6.07 Å². The third-order valence-corrected chi connectivity index (χ3v) is 3.40. The summed E-state index contributed by atoms with van der Waals surface area (Å²) in [7, 11) is 0. The Bertz CT molecular complexity index is 758. The summed E-state index contributed by atoms with van der Waals surface area (Å²) in [5.74, 6) is -0.0772. The van der Waals surface area contributed by atoms with Gasteiger partial charge in [0.2, 0.25) is 5.91 Å². The molecule has 2 rings (SSSR count). The summed E-state index contributed by atoms with van der Waals surface area (Å²) in [4.78, 5) is 16.0. The molecule has 0 radical (unpaired) electrons. The summed E-state index contributed by atoms with van der Waals surface area (Å²) in [6.07, 6.45) is 0. The highest BCUT2D eigenvalue weighted by atomic mass is 16.1.